The number of fused-ring (bicyclic) bond motifs is 1. The van der Waals surface area contributed by atoms with Gasteiger partial charge in [-0.25, -0.2) is 4.90 Å². The summed E-state index contributed by atoms with van der Waals surface area (Å²) in [5.41, 5.74) is 1.65. The maximum Gasteiger partial charge on any atom is 0.238 e. The molecule has 0 radical (unpaired) electrons. The number of amides is 2. The van der Waals surface area contributed by atoms with E-state index in [1.54, 1.807) is 0 Å². The molecule has 1 aromatic rings. The fourth-order valence-corrected chi connectivity index (χ4v) is 3.38. The minimum Gasteiger partial charge on any atom is -0.274 e. The number of imide groups is 1. The standard InChI is InChI=1S/C15H14BrNO2/c1-9-8-10(16)6-7-13(9)17-14(18)11-4-2-3-5-12(11)15(17)19/h2-3,6-8,11-12H,4-5H2,1H3/t11-,12+. The van der Waals surface area contributed by atoms with Crippen LogP contribution in [-0.2, 0) is 9.59 Å². The van der Waals surface area contributed by atoms with Gasteiger partial charge >= 0.3 is 0 Å². The molecule has 0 bridgehead atoms. The van der Waals surface area contributed by atoms with Gasteiger partial charge in [-0.1, -0.05) is 28.1 Å². The Morgan fingerprint density at radius 2 is 1.68 bits per heavy atom. The van der Waals surface area contributed by atoms with Crippen LogP contribution in [0.1, 0.15) is 18.4 Å². The van der Waals surface area contributed by atoms with Gasteiger partial charge in [0.1, 0.15) is 0 Å². The first kappa shape index (κ1) is 12.6. The molecule has 0 aromatic heterocycles. The van der Waals surface area contributed by atoms with Gasteiger partial charge in [-0.3, -0.25) is 9.59 Å². The molecule has 0 N–H and O–H groups in total. The van der Waals surface area contributed by atoms with Gasteiger partial charge in [0.25, 0.3) is 0 Å². The Morgan fingerprint density at radius 1 is 1.11 bits per heavy atom. The summed E-state index contributed by atoms with van der Waals surface area (Å²) in [4.78, 5) is 26.3. The van der Waals surface area contributed by atoms with Gasteiger partial charge in [-0.05, 0) is 43.5 Å². The number of carbonyl (C=O) groups is 2. The molecule has 98 valence electrons. The second-order valence-electron chi connectivity index (χ2n) is 5.10. The van der Waals surface area contributed by atoms with E-state index in [4.69, 9.17) is 0 Å². The summed E-state index contributed by atoms with van der Waals surface area (Å²) in [5, 5.41) is 0. The summed E-state index contributed by atoms with van der Waals surface area (Å²) >= 11 is 3.40. The topological polar surface area (TPSA) is 37.4 Å². The average Bonchev–Trinajstić information content (AvgIpc) is 2.64. The Morgan fingerprint density at radius 3 is 2.21 bits per heavy atom. The van der Waals surface area contributed by atoms with Crippen molar-refractivity contribution < 1.29 is 9.59 Å². The predicted molar refractivity (Wildman–Crippen MR) is 76.7 cm³/mol. The highest BCUT2D eigenvalue weighted by Crippen LogP contribution is 2.38. The highest BCUT2D eigenvalue weighted by Gasteiger charge is 2.48. The van der Waals surface area contributed by atoms with Crippen molar-refractivity contribution in [3.05, 3.63) is 40.4 Å². The van der Waals surface area contributed by atoms with Crippen molar-refractivity contribution in [1.82, 2.24) is 0 Å². The zero-order valence-electron chi connectivity index (χ0n) is 10.6. The summed E-state index contributed by atoms with van der Waals surface area (Å²) in [7, 11) is 0. The van der Waals surface area contributed by atoms with Crippen LogP contribution in [0.25, 0.3) is 0 Å². The van der Waals surface area contributed by atoms with Crippen LogP contribution < -0.4 is 4.90 Å². The van der Waals surface area contributed by atoms with Gasteiger partial charge < -0.3 is 0 Å². The van der Waals surface area contributed by atoms with Crippen LogP contribution in [0.5, 0.6) is 0 Å². The molecular formula is C15H14BrNO2. The lowest BCUT2D eigenvalue weighted by molar-refractivity contribution is -0.122. The Bertz CT molecular complexity index is 568. The predicted octanol–water partition coefficient (Wildman–Crippen LogP) is 3.21. The Hall–Kier alpha value is -1.42. The number of allylic oxidation sites excluding steroid dienone is 2. The molecule has 1 aromatic carbocycles. The molecule has 1 fully saturated rings. The van der Waals surface area contributed by atoms with E-state index in [9.17, 15) is 9.59 Å². The monoisotopic (exact) mass is 319 g/mol. The molecule has 3 nitrogen and oxygen atoms in total. The first-order chi connectivity index (χ1) is 9.09. The fourth-order valence-electron chi connectivity index (χ4n) is 2.91. The number of aryl methyl sites for hydroxylation is 1. The van der Waals surface area contributed by atoms with Gasteiger partial charge in [-0.15, -0.1) is 0 Å². The summed E-state index contributed by atoms with van der Waals surface area (Å²) < 4.78 is 0.951. The van der Waals surface area contributed by atoms with Crippen LogP contribution in [0.15, 0.2) is 34.8 Å². The average molecular weight is 320 g/mol. The molecular weight excluding hydrogens is 306 g/mol. The van der Waals surface area contributed by atoms with Gasteiger partial charge in [0.2, 0.25) is 11.8 Å². The highest BCUT2D eigenvalue weighted by atomic mass is 79.9. The van der Waals surface area contributed by atoms with Gasteiger partial charge in [0.05, 0.1) is 17.5 Å². The molecule has 2 atom stereocenters. The number of anilines is 1. The van der Waals surface area contributed by atoms with Crippen molar-refractivity contribution in [2.45, 2.75) is 19.8 Å². The molecule has 3 rings (SSSR count). The Kier molecular flexibility index (Phi) is 3.05. The van der Waals surface area contributed by atoms with E-state index in [0.29, 0.717) is 18.5 Å². The van der Waals surface area contributed by atoms with Crippen molar-refractivity contribution in [3.8, 4) is 0 Å². The number of benzene rings is 1. The lowest BCUT2D eigenvalue weighted by atomic mass is 9.85. The van der Waals surface area contributed by atoms with E-state index >= 15 is 0 Å². The number of halogens is 1. The summed E-state index contributed by atoms with van der Waals surface area (Å²) in [6, 6.07) is 5.62. The van der Waals surface area contributed by atoms with Crippen LogP contribution in [0.2, 0.25) is 0 Å². The van der Waals surface area contributed by atoms with Gasteiger partial charge in [0.15, 0.2) is 0 Å². The first-order valence-electron chi connectivity index (χ1n) is 6.38. The molecule has 1 aliphatic heterocycles. The van der Waals surface area contributed by atoms with Crippen molar-refractivity contribution in [2.75, 3.05) is 4.90 Å². The van der Waals surface area contributed by atoms with E-state index in [1.807, 2.05) is 37.3 Å². The van der Waals surface area contributed by atoms with Gasteiger partial charge in [-0.2, -0.15) is 0 Å². The summed E-state index contributed by atoms with van der Waals surface area (Å²) in [6.07, 6.45) is 5.37. The molecule has 2 aliphatic rings. The van der Waals surface area contributed by atoms with Crippen LogP contribution in [0.4, 0.5) is 5.69 Å². The largest absolute Gasteiger partial charge is 0.274 e. The fraction of sp³-hybridized carbons (Fsp3) is 0.333. The third kappa shape index (κ3) is 1.94. The summed E-state index contributed by atoms with van der Waals surface area (Å²) in [6.45, 7) is 1.92. The third-order valence-corrected chi connectivity index (χ3v) is 4.40. The molecule has 1 saturated heterocycles. The molecule has 19 heavy (non-hydrogen) atoms. The maximum atomic E-state index is 12.4. The SMILES string of the molecule is Cc1cc(Br)ccc1N1C(=O)[C@H]2CC=CC[C@H]2C1=O. The van der Waals surface area contributed by atoms with E-state index in [1.165, 1.54) is 4.90 Å². The van der Waals surface area contributed by atoms with Crippen molar-refractivity contribution in [1.29, 1.82) is 0 Å². The number of rotatable bonds is 1. The van der Waals surface area contributed by atoms with Crippen LogP contribution in [0, 0.1) is 18.8 Å². The Labute approximate surface area is 120 Å². The van der Waals surface area contributed by atoms with Crippen LogP contribution >= 0.6 is 15.9 Å². The number of carbonyl (C=O) groups excluding carboxylic acids is 2. The third-order valence-electron chi connectivity index (χ3n) is 3.91. The van der Waals surface area contributed by atoms with E-state index in [2.05, 4.69) is 15.9 Å². The molecule has 1 heterocycles. The second kappa shape index (κ2) is 4.60. The minimum absolute atomic E-state index is 0.0511. The second-order valence-corrected chi connectivity index (χ2v) is 6.01. The van der Waals surface area contributed by atoms with Gasteiger partial charge in [0, 0.05) is 4.47 Å². The molecule has 4 heteroatoms. The quantitative estimate of drug-likeness (QED) is 0.588. The minimum atomic E-state index is -0.166. The number of hydrogen-bond donors (Lipinski definition) is 0. The van der Waals surface area contributed by atoms with Crippen molar-refractivity contribution >= 4 is 33.4 Å². The van der Waals surface area contributed by atoms with Crippen LogP contribution in [-0.4, -0.2) is 11.8 Å². The maximum absolute atomic E-state index is 12.4. The van der Waals surface area contributed by atoms with Crippen molar-refractivity contribution in [2.24, 2.45) is 11.8 Å². The zero-order chi connectivity index (χ0) is 13.6. The molecule has 2 amide bonds. The molecule has 1 aliphatic carbocycles. The molecule has 0 spiro atoms. The van der Waals surface area contributed by atoms with E-state index in [0.717, 1.165) is 10.0 Å². The Balaban J connectivity index is 2.02. The lowest BCUT2D eigenvalue weighted by Crippen LogP contribution is -2.31. The molecule has 0 saturated carbocycles. The smallest absolute Gasteiger partial charge is 0.238 e. The normalized spacial score (nSPS) is 25.9. The van der Waals surface area contributed by atoms with E-state index in [-0.39, 0.29) is 23.7 Å². The highest BCUT2D eigenvalue weighted by molar-refractivity contribution is 9.10. The summed E-state index contributed by atoms with van der Waals surface area (Å²) in [5.74, 6) is -0.435. The van der Waals surface area contributed by atoms with Crippen molar-refractivity contribution in [3.63, 3.8) is 0 Å². The zero-order valence-corrected chi connectivity index (χ0v) is 12.2. The first-order valence-corrected chi connectivity index (χ1v) is 7.18. The lowest BCUT2D eigenvalue weighted by Gasteiger charge is -2.17. The molecule has 0 unspecified atom stereocenters. The van der Waals surface area contributed by atoms with E-state index < -0.39 is 0 Å². The number of hydrogen-bond acceptors (Lipinski definition) is 2. The number of nitrogens with zero attached hydrogens (tertiary/aromatic N) is 1. The van der Waals surface area contributed by atoms with Crippen LogP contribution in [0.3, 0.4) is 0 Å².